The van der Waals surface area contributed by atoms with Crippen molar-refractivity contribution in [1.29, 1.82) is 0 Å². The molecule has 0 amide bonds. The molecular formula is C19H26F2IN5O. The van der Waals surface area contributed by atoms with Crippen LogP contribution in [0.4, 0.5) is 8.78 Å². The number of benzene rings is 1. The fourth-order valence-electron chi connectivity index (χ4n) is 3.24. The van der Waals surface area contributed by atoms with Crippen molar-refractivity contribution in [3.05, 3.63) is 53.4 Å². The van der Waals surface area contributed by atoms with Gasteiger partial charge in [0, 0.05) is 50.9 Å². The Morgan fingerprint density at radius 3 is 2.86 bits per heavy atom. The zero-order valence-corrected chi connectivity index (χ0v) is 18.6. The molecule has 1 aliphatic heterocycles. The van der Waals surface area contributed by atoms with E-state index in [1.165, 1.54) is 12.1 Å². The molecule has 0 saturated carbocycles. The summed E-state index contributed by atoms with van der Waals surface area (Å²) in [4.78, 5) is 6.47. The lowest BCUT2D eigenvalue weighted by molar-refractivity contribution is -0.00803. The van der Waals surface area contributed by atoms with Gasteiger partial charge < -0.3 is 15.0 Å². The lowest BCUT2D eigenvalue weighted by Gasteiger charge is -2.35. The number of nitrogens with zero attached hydrogens (tertiary/aromatic N) is 4. The van der Waals surface area contributed by atoms with E-state index in [2.05, 4.69) is 20.3 Å². The SMILES string of the molecule is CN=C(NCC(C)c1ccc(F)cc1F)N1CCOC(c2cnn(C)c2)C1.I. The average Bonchev–Trinajstić information content (AvgIpc) is 3.09. The fraction of sp³-hybridized carbons (Fsp3) is 0.474. The van der Waals surface area contributed by atoms with Crippen molar-refractivity contribution < 1.29 is 13.5 Å². The van der Waals surface area contributed by atoms with Crippen LogP contribution in [0.5, 0.6) is 0 Å². The lowest BCUT2D eigenvalue weighted by Crippen LogP contribution is -2.48. The van der Waals surface area contributed by atoms with Crippen LogP contribution in [0.3, 0.4) is 0 Å². The summed E-state index contributed by atoms with van der Waals surface area (Å²) < 4.78 is 34.7. The summed E-state index contributed by atoms with van der Waals surface area (Å²) in [6, 6.07) is 3.69. The summed E-state index contributed by atoms with van der Waals surface area (Å²) in [5, 5.41) is 7.50. The molecule has 1 fully saturated rings. The van der Waals surface area contributed by atoms with E-state index < -0.39 is 11.6 Å². The van der Waals surface area contributed by atoms with E-state index in [4.69, 9.17) is 4.74 Å². The van der Waals surface area contributed by atoms with Gasteiger partial charge in [-0.25, -0.2) is 8.78 Å². The first-order valence-electron chi connectivity index (χ1n) is 8.98. The van der Waals surface area contributed by atoms with Crippen molar-refractivity contribution in [1.82, 2.24) is 20.0 Å². The van der Waals surface area contributed by atoms with Gasteiger partial charge in [-0.2, -0.15) is 5.10 Å². The standard InChI is InChI=1S/C19H25F2N5O.HI/c1-13(16-5-4-15(20)8-17(16)21)9-23-19(22-2)26-6-7-27-18(12-26)14-10-24-25(3)11-14;/h4-5,8,10-11,13,18H,6-7,9,12H2,1-3H3,(H,22,23);1H. The summed E-state index contributed by atoms with van der Waals surface area (Å²) in [5.41, 5.74) is 1.51. The molecule has 0 aliphatic carbocycles. The topological polar surface area (TPSA) is 54.7 Å². The lowest BCUT2D eigenvalue weighted by atomic mass is 10.0. The number of nitrogens with one attached hydrogen (secondary N) is 1. The zero-order chi connectivity index (χ0) is 19.4. The van der Waals surface area contributed by atoms with Crippen LogP contribution < -0.4 is 5.32 Å². The van der Waals surface area contributed by atoms with E-state index in [-0.39, 0.29) is 36.0 Å². The van der Waals surface area contributed by atoms with Crippen LogP contribution in [0.1, 0.15) is 30.1 Å². The second kappa shape index (κ2) is 10.1. The Labute approximate surface area is 181 Å². The first-order valence-corrected chi connectivity index (χ1v) is 8.98. The average molecular weight is 505 g/mol. The largest absolute Gasteiger partial charge is 0.370 e. The molecule has 9 heteroatoms. The number of guanidine groups is 1. The Morgan fingerprint density at radius 1 is 1.43 bits per heavy atom. The first kappa shape index (κ1) is 22.5. The summed E-state index contributed by atoms with van der Waals surface area (Å²) in [6.07, 6.45) is 3.69. The van der Waals surface area contributed by atoms with Crippen molar-refractivity contribution in [2.75, 3.05) is 33.3 Å². The molecule has 0 spiro atoms. The van der Waals surface area contributed by atoms with E-state index in [9.17, 15) is 8.78 Å². The number of ether oxygens (including phenoxy) is 1. The molecule has 154 valence electrons. The number of rotatable bonds is 4. The first-order chi connectivity index (χ1) is 13.0. The van der Waals surface area contributed by atoms with Gasteiger partial charge in [0.25, 0.3) is 0 Å². The highest BCUT2D eigenvalue weighted by Crippen LogP contribution is 2.22. The molecule has 1 aliphatic rings. The summed E-state index contributed by atoms with van der Waals surface area (Å²) >= 11 is 0. The van der Waals surface area contributed by atoms with Gasteiger partial charge in [0.2, 0.25) is 0 Å². The Bertz CT molecular complexity index is 813. The quantitative estimate of drug-likeness (QED) is 0.395. The molecular weight excluding hydrogens is 479 g/mol. The van der Waals surface area contributed by atoms with Gasteiger partial charge in [0.15, 0.2) is 5.96 Å². The highest BCUT2D eigenvalue weighted by Gasteiger charge is 2.25. The van der Waals surface area contributed by atoms with E-state index >= 15 is 0 Å². The smallest absolute Gasteiger partial charge is 0.193 e. The maximum Gasteiger partial charge on any atom is 0.193 e. The minimum atomic E-state index is -0.568. The minimum absolute atomic E-state index is 0. The van der Waals surface area contributed by atoms with Crippen LogP contribution in [-0.2, 0) is 11.8 Å². The molecule has 0 radical (unpaired) electrons. The van der Waals surface area contributed by atoms with Crippen LogP contribution in [0, 0.1) is 11.6 Å². The predicted molar refractivity (Wildman–Crippen MR) is 115 cm³/mol. The third-order valence-corrected chi connectivity index (χ3v) is 4.73. The highest BCUT2D eigenvalue weighted by molar-refractivity contribution is 14.0. The van der Waals surface area contributed by atoms with Crippen LogP contribution in [-0.4, -0.2) is 53.9 Å². The van der Waals surface area contributed by atoms with Crippen molar-refractivity contribution in [2.45, 2.75) is 18.9 Å². The van der Waals surface area contributed by atoms with Crippen molar-refractivity contribution >= 4 is 29.9 Å². The van der Waals surface area contributed by atoms with E-state index in [1.54, 1.807) is 11.7 Å². The third kappa shape index (κ3) is 5.40. The highest BCUT2D eigenvalue weighted by atomic mass is 127. The number of aromatic nitrogens is 2. The third-order valence-electron chi connectivity index (χ3n) is 4.73. The van der Waals surface area contributed by atoms with Gasteiger partial charge in [0.1, 0.15) is 17.7 Å². The van der Waals surface area contributed by atoms with Gasteiger partial charge in [-0.05, 0) is 11.6 Å². The summed E-state index contributed by atoms with van der Waals surface area (Å²) in [5.74, 6) is -0.483. The molecule has 0 bridgehead atoms. The minimum Gasteiger partial charge on any atom is -0.370 e. The number of hydrogen-bond acceptors (Lipinski definition) is 3. The van der Waals surface area contributed by atoms with Crippen molar-refractivity contribution in [3.8, 4) is 0 Å². The van der Waals surface area contributed by atoms with Crippen LogP contribution in [0.25, 0.3) is 0 Å². The normalized spacial score (nSPS) is 18.5. The number of aliphatic imine (C=N–C) groups is 1. The van der Waals surface area contributed by atoms with Gasteiger partial charge >= 0.3 is 0 Å². The van der Waals surface area contributed by atoms with Gasteiger partial charge in [-0.15, -0.1) is 24.0 Å². The number of halogens is 3. The van der Waals surface area contributed by atoms with E-state index in [1.807, 2.05) is 26.4 Å². The predicted octanol–water partition coefficient (Wildman–Crippen LogP) is 3.07. The maximum atomic E-state index is 14.0. The second-order valence-electron chi connectivity index (χ2n) is 6.75. The molecule has 2 aromatic rings. The van der Waals surface area contributed by atoms with E-state index in [0.29, 0.717) is 25.3 Å². The van der Waals surface area contributed by atoms with Gasteiger partial charge in [-0.1, -0.05) is 13.0 Å². The Kier molecular flexibility index (Phi) is 8.17. The number of morpholine rings is 1. The Hall–Kier alpha value is -1.75. The van der Waals surface area contributed by atoms with Gasteiger partial charge in [0.05, 0.1) is 19.3 Å². The van der Waals surface area contributed by atoms with Gasteiger partial charge in [-0.3, -0.25) is 9.67 Å². The molecule has 6 nitrogen and oxygen atoms in total. The molecule has 2 unspecified atom stereocenters. The molecule has 1 aromatic heterocycles. The molecule has 3 rings (SSSR count). The zero-order valence-electron chi connectivity index (χ0n) is 16.2. The van der Waals surface area contributed by atoms with Crippen molar-refractivity contribution in [3.63, 3.8) is 0 Å². The molecule has 1 saturated heterocycles. The van der Waals surface area contributed by atoms with E-state index in [0.717, 1.165) is 24.1 Å². The molecule has 1 N–H and O–H groups in total. The monoisotopic (exact) mass is 505 g/mol. The molecule has 2 atom stereocenters. The molecule has 28 heavy (non-hydrogen) atoms. The van der Waals surface area contributed by atoms with Crippen LogP contribution >= 0.6 is 24.0 Å². The van der Waals surface area contributed by atoms with Crippen LogP contribution in [0.15, 0.2) is 35.6 Å². The number of hydrogen-bond donors (Lipinski definition) is 1. The second-order valence-corrected chi connectivity index (χ2v) is 6.75. The Morgan fingerprint density at radius 2 is 2.21 bits per heavy atom. The number of aryl methyl sites for hydroxylation is 1. The van der Waals surface area contributed by atoms with Crippen molar-refractivity contribution in [2.24, 2.45) is 12.0 Å². The molecule has 1 aromatic carbocycles. The summed E-state index contributed by atoms with van der Waals surface area (Å²) in [6.45, 7) is 4.35. The van der Waals surface area contributed by atoms with Crippen LogP contribution in [0.2, 0.25) is 0 Å². The maximum absolute atomic E-state index is 14.0. The Balaban J connectivity index is 0.00000280. The molecule has 2 heterocycles. The summed E-state index contributed by atoms with van der Waals surface area (Å²) in [7, 11) is 3.60. The fourth-order valence-corrected chi connectivity index (χ4v) is 3.24.